The molecule has 3 nitrogen and oxygen atoms in total. The fourth-order valence-electron chi connectivity index (χ4n) is 2.52. The molecular formula is C14H23N3. The Balaban J connectivity index is 2.00. The number of nitrogens with zero attached hydrogens (tertiary/aromatic N) is 2. The summed E-state index contributed by atoms with van der Waals surface area (Å²) in [4.78, 5) is 6.74. The van der Waals surface area contributed by atoms with E-state index in [1.807, 2.05) is 6.20 Å². The molecule has 0 saturated carbocycles. The van der Waals surface area contributed by atoms with Gasteiger partial charge in [-0.15, -0.1) is 0 Å². The standard InChI is InChI=1S/C14H23N3/c1-3-17(11-13-4-7-15-8-5-13)14-6-9-16-12(2)10-14/h6,9-10,13,15H,3-5,7-8,11H2,1-2H3. The molecule has 1 aliphatic rings. The lowest BCUT2D eigenvalue weighted by Crippen LogP contribution is -2.36. The molecule has 0 aliphatic carbocycles. The molecule has 2 rings (SSSR count). The summed E-state index contributed by atoms with van der Waals surface area (Å²) in [6.45, 7) is 8.91. The second kappa shape index (κ2) is 6.01. The lowest BCUT2D eigenvalue weighted by Gasteiger charge is -2.31. The Hall–Kier alpha value is -1.09. The van der Waals surface area contributed by atoms with E-state index in [2.05, 4.69) is 41.2 Å². The SMILES string of the molecule is CCN(CC1CCNCC1)c1ccnc(C)c1. The first-order valence-electron chi connectivity index (χ1n) is 6.68. The molecule has 94 valence electrons. The van der Waals surface area contributed by atoms with Crippen LogP contribution in [0.25, 0.3) is 0 Å². The third-order valence-electron chi connectivity index (χ3n) is 3.56. The van der Waals surface area contributed by atoms with Crippen LogP contribution in [-0.4, -0.2) is 31.2 Å². The predicted molar refractivity (Wildman–Crippen MR) is 72.5 cm³/mol. The number of aromatic nitrogens is 1. The van der Waals surface area contributed by atoms with E-state index < -0.39 is 0 Å². The van der Waals surface area contributed by atoms with Crippen molar-refractivity contribution in [3.8, 4) is 0 Å². The Labute approximate surface area is 104 Å². The monoisotopic (exact) mass is 233 g/mol. The van der Waals surface area contributed by atoms with Gasteiger partial charge in [-0.1, -0.05) is 0 Å². The molecule has 3 heteroatoms. The summed E-state index contributed by atoms with van der Waals surface area (Å²) in [5.41, 5.74) is 2.42. The lowest BCUT2D eigenvalue weighted by molar-refractivity contribution is 0.374. The molecule has 2 heterocycles. The summed E-state index contributed by atoms with van der Waals surface area (Å²) < 4.78 is 0. The Morgan fingerprint density at radius 1 is 1.41 bits per heavy atom. The highest BCUT2D eigenvalue weighted by atomic mass is 15.1. The molecule has 0 bridgehead atoms. The minimum absolute atomic E-state index is 0.838. The number of rotatable bonds is 4. The first-order chi connectivity index (χ1) is 8.29. The Morgan fingerprint density at radius 2 is 2.18 bits per heavy atom. The van der Waals surface area contributed by atoms with Crippen LogP contribution in [0.1, 0.15) is 25.5 Å². The molecule has 0 amide bonds. The van der Waals surface area contributed by atoms with Crippen molar-refractivity contribution in [1.82, 2.24) is 10.3 Å². The highest BCUT2D eigenvalue weighted by Gasteiger charge is 2.16. The van der Waals surface area contributed by atoms with Gasteiger partial charge in [0.15, 0.2) is 0 Å². The zero-order valence-corrected chi connectivity index (χ0v) is 10.9. The number of piperidine rings is 1. The van der Waals surface area contributed by atoms with Gasteiger partial charge in [0.1, 0.15) is 0 Å². The fourth-order valence-corrected chi connectivity index (χ4v) is 2.52. The van der Waals surface area contributed by atoms with E-state index in [4.69, 9.17) is 0 Å². The minimum Gasteiger partial charge on any atom is -0.371 e. The Bertz CT molecular complexity index is 345. The van der Waals surface area contributed by atoms with Crippen molar-refractivity contribution in [3.05, 3.63) is 24.0 Å². The summed E-state index contributed by atoms with van der Waals surface area (Å²) in [5, 5.41) is 3.43. The summed E-state index contributed by atoms with van der Waals surface area (Å²) >= 11 is 0. The van der Waals surface area contributed by atoms with Gasteiger partial charge in [-0.25, -0.2) is 0 Å². The Morgan fingerprint density at radius 3 is 2.82 bits per heavy atom. The van der Waals surface area contributed by atoms with Gasteiger partial charge in [0.05, 0.1) is 0 Å². The molecule has 17 heavy (non-hydrogen) atoms. The van der Waals surface area contributed by atoms with Crippen molar-refractivity contribution < 1.29 is 0 Å². The molecule has 0 spiro atoms. The van der Waals surface area contributed by atoms with Crippen LogP contribution in [0.3, 0.4) is 0 Å². The maximum atomic E-state index is 4.27. The van der Waals surface area contributed by atoms with Gasteiger partial charge in [0.2, 0.25) is 0 Å². The smallest absolute Gasteiger partial charge is 0.0399 e. The van der Waals surface area contributed by atoms with E-state index in [1.165, 1.54) is 38.2 Å². The zero-order valence-electron chi connectivity index (χ0n) is 10.9. The van der Waals surface area contributed by atoms with Crippen LogP contribution in [0.15, 0.2) is 18.3 Å². The highest BCUT2D eigenvalue weighted by molar-refractivity contribution is 5.46. The van der Waals surface area contributed by atoms with Gasteiger partial charge in [-0.3, -0.25) is 4.98 Å². The number of aryl methyl sites for hydroxylation is 1. The maximum Gasteiger partial charge on any atom is 0.0399 e. The van der Waals surface area contributed by atoms with Gasteiger partial charge < -0.3 is 10.2 Å². The van der Waals surface area contributed by atoms with E-state index in [0.717, 1.165) is 18.2 Å². The van der Waals surface area contributed by atoms with Crippen LogP contribution in [-0.2, 0) is 0 Å². The number of hydrogen-bond acceptors (Lipinski definition) is 3. The van der Waals surface area contributed by atoms with Crippen LogP contribution >= 0.6 is 0 Å². The predicted octanol–water partition coefficient (Wildman–Crippen LogP) is 2.22. The highest BCUT2D eigenvalue weighted by Crippen LogP contribution is 2.19. The van der Waals surface area contributed by atoms with Crippen LogP contribution in [0.4, 0.5) is 5.69 Å². The van der Waals surface area contributed by atoms with E-state index in [-0.39, 0.29) is 0 Å². The average Bonchev–Trinajstić information content (AvgIpc) is 2.37. The molecule has 1 fully saturated rings. The molecule has 1 aliphatic heterocycles. The zero-order chi connectivity index (χ0) is 12.1. The second-order valence-electron chi connectivity index (χ2n) is 4.89. The molecule has 1 N–H and O–H groups in total. The molecule has 1 saturated heterocycles. The first kappa shape index (κ1) is 12.4. The summed E-state index contributed by atoms with van der Waals surface area (Å²) in [6.07, 6.45) is 4.52. The van der Waals surface area contributed by atoms with Crippen LogP contribution in [0.2, 0.25) is 0 Å². The quantitative estimate of drug-likeness (QED) is 0.864. The van der Waals surface area contributed by atoms with Gasteiger partial charge >= 0.3 is 0 Å². The van der Waals surface area contributed by atoms with Gasteiger partial charge in [0.25, 0.3) is 0 Å². The fraction of sp³-hybridized carbons (Fsp3) is 0.643. The molecule has 0 unspecified atom stereocenters. The van der Waals surface area contributed by atoms with Crippen molar-refractivity contribution in [3.63, 3.8) is 0 Å². The third kappa shape index (κ3) is 3.43. The Kier molecular flexibility index (Phi) is 4.37. The minimum atomic E-state index is 0.838. The van der Waals surface area contributed by atoms with Crippen molar-refractivity contribution >= 4 is 5.69 Å². The number of nitrogens with one attached hydrogen (secondary N) is 1. The number of hydrogen-bond donors (Lipinski definition) is 1. The number of anilines is 1. The second-order valence-corrected chi connectivity index (χ2v) is 4.89. The van der Waals surface area contributed by atoms with Crippen molar-refractivity contribution in [1.29, 1.82) is 0 Å². The maximum absolute atomic E-state index is 4.27. The number of pyridine rings is 1. The first-order valence-corrected chi connectivity index (χ1v) is 6.68. The van der Waals surface area contributed by atoms with E-state index in [9.17, 15) is 0 Å². The third-order valence-corrected chi connectivity index (χ3v) is 3.56. The topological polar surface area (TPSA) is 28.2 Å². The van der Waals surface area contributed by atoms with Gasteiger partial charge in [0, 0.05) is 30.7 Å². The molecule has 0 radical (unpaired) electrons. The molecule has 1 aromatic heterocycles. The normalized spacial score (nSPS) is 17.1. The molecule has 0 atom stereocenters. The summed E-state index contributed by atoms with van der Waals surface area (Å²) in [5.74, 6) is 0.838. The van der Waals surface area contributed by atoms with Gasteiger partial charge in [-0.2, -0.15) is 0 Å². The van der Waals surface area contributed by atoms with Crippen molar-refractivity contribution in [2.45, 2.75) is 26.7 Å². The van der Waals surface area contributed by atoms with E-state index >= 15 is 0 Å². The lowest BCUT2D eigenvalue weighted by atomic mass is 9.97. The van der Waals surface area contributed by atoms with Crippen LogP contribution in [0.5, 0.6) is 0 Å². The van der Waals surface area contributed by atoms with Gasteiger partial charge in [-0.05, 0) is 57.8 Å². The van der Waals surface area contributed by atoms with Crippen molar-refractivity contribution in [2.24, 2.45) is 5.92 Å². The van der Waals surface area contributed by atoms with Crippen LogP contribution in [0, 0.1) is 12.8 Å². The van der Waals surface area contributed by atoms with Crippen molar-refractivity contribution in [2.75, 3.05) is 31.1 Å². The summed E-state index contributed by atoms with van der Waals surface area (Å²) in [6, 6.07) is 4.31. The van der Waals surface area contributed by atoms with Crippen LogP contribution < -0.4 is 10.2 Å². The molecule has 1 aromatic rings. The molecular weight excluding hydrogens is 210 g/mol. The van der Waals surface area contributed by atoms with E-state index in [0.29, 0.717) is 0 Å². The van der Waals surface area contributed by atoms with E-state index in [1.54, 1.807) is 0 Å². The molecule has 0 aromatic carbocycles. The summed E-state index contributed by atoms with van der Waals surface area (Å²) in [7, 11) is 0. The largest absolute Gasteiger partial charge is 0.371 e. The average molecular weight is 233 g/mol.